The molecule has 0 bridgehead atoms. The van der Waals surface area contributed by atoms with Gasteiger partial charge in [-0.25, -0.2) is 4.98 Å². The van der Waals surface area contributed by atoms with E-state index in [1.165, 1.54) is 0 Å². The fraction of sp³-hybridized carbons (Fsp3) is 0.500. The number of aromatic amines is 1. The molecule has 0 spiro atoms. The topological polar surface area (TPSA) is 76.2 Å². The summed E-state index contributed by atoms with van der Waals surface area (Å²) in [5.41, 5.74) is 1.48. The van der Waals surface area contributed by atoms with Crippen molar-refractivity contribution in [3.8, 4) is 11.4 Å². The number of nitrogens with zero attached hydrogens (tertiary/aromatic N) is 1. The van der Waals surface area contributed by atoms with Crippen molar-refractivity contribution < 1.29 is 14.3 Å². The van der Waals surface area contributed by atoms with Crippen LogP contribution >= 0.6 is 0 Å². The van der Waals surface area contributed by atoms with E-state index in [1.54, 1.807) is 12.4 Å². The van der Waals surface area contributed by atoms with Gasteiger partial charge in [0.25, 0.3) is 5.91 Å². The molecule has 1 aromatic carbocycles. The average molecular weight is 355 g/mol. The van der Waals surface area contributed by atoms with Crippen LogP contribution in [0.5, 0.6) is 0 Å². The van der Waals surface area contributed by atoms with Crippen LogP contribution in [0.3, 0.4) is 0 Å². The zero-order valence-electron chi connectivity index (χ0n) is 14.8. The zero-order valence-corrected chi connectivity index (χ0v) is 14.8. The summed E-state index contributed by atoms with van der Waals surface area (Å²) in [7, 11) is 0. The Bertz CT molecular complexity index is 726. The molecule has 0 radical (unpaired) electrons. The summed E-state index contributed by atoms with van der Waals surface area (Å²) in [6.45, 7) is 3.03. The lowest BCUT2D eigenvalue weighted by molar-refractivity contribution is -0.0259. The maximum atomic E-state index is 13.0. The van der Waals surface area contributed by atoms with E-state index >= 15 is 0 Å². The lowest BCUT2D eigenvalue weighted by atomic mass is 9.79. The minimum atomic E-state index is -0.0408. The highest BCUT2D eigenvalue weighted by molar-refractivity contribution is 6.00. The molecule has 0 aliphatic carbocycles. The molecule has 4 rings (SSSR count). The van der Waals surface area contributed by atoms with Gasteiger partial charge in [0.15, 0.2) is 0 Å². The van der Waals surface area contributed by atoms with Gasteiger partial charge in [0.2, 0.25) is 0 Å². The summed E-state index contributed by atoms with van der Waals surface area (Å²) in [6.07, 6.45) is 6.41. The van der Waals surface area contributed by atoms with Gasteiger partial charge in [0.1, 0.15) is 5.82 Å². The average Bonchev–Trinajstić information content (AvgIpc) is 3.24. The number of rotatable bonds is 4. The van der Waals surface area contributed by atoms with Crippen LogP contribution in [0, 0.1) is 11.8 Å². The van der Waals surface area contributed by atoms with Crippen LogP contribution in [0.25, 0.3) is 11.4 Å². The normalized spacial score (nSPS) is 24.3. The summed E-state index contributed by atoms with van der Waals surface area (Å²) in [6, 6.07) is 7.74. The van der Waals surface area contributed by atoms with Crippen LogP contribution < -0.4 is 5.32 Å². The molecule has 0 saturated carbocycles. The number of aromatic nitrogens is 2. The van der Waals surface area contributed by atoms with E-state index in [0.29, 0.717) is 29.8 Å². The predicted octanol–water partition coefficient (Wildman–Crippen LogP) is 2.64. The number of nitrogens with one attached hydrogen (secondary N) is 2. The molecule has 1 amide bonds. The summed E-state index contributed by atoms with van der Waals surface area (Å²) >= 11 is 0. The van der Waals surface area contributed by atoms with E-state index in [2.05, 4.69) is 15.3 Å². The molecule has 2 aliphatic rings. The summed E-state index contributed by atoms with van der Waals surface area (Å²) < 4.78 is 11.2. The molecule has 6 nitrogen and oxygen atoms in total. The van der Waals surface area contributed by atoms with E-state index in [1.807, 2.05) is 24.3 Å². The smallest absolute Gasteiger partial charge is 0.252 e. The van der Waals surface area contributed by atoms with Crippen molar-refractivity contribution in [3.05, 3.63) is 42.2 Å². The number of hydrogen-bond donors (Lipinski definition) is 2. The second-order valence-electron chi connectivity index (χ2n) is 7.04. The molecule has 6 heteroatoms. The molecule has 2 aliphatic heterocycles. The lowest BCUT2D eigenvalue weighted by Gasteiger charge is -2.39. The lowest BCUT2D eigenvalue weighted by Crippen LogP contribution is -2.49. The first-order valence-corrected chi connectivity index (χ1v) is 9.38. The van der Waals surface area contributed by atoms with Gasteiger partial charge in [-0.3, -0.25) is 4.79 Å². The number of ether oxygens (including phenoxy) is 2. The fourth-order valence-corrected chi connectivity index (χ4v) is 4.09. The standard InChI is InChI=1S/C20H25N3O3/c24-20(16-4-2-1-3-15(16)19-21-8-9-22-19)23-18-7-12-26-13-17(18)14-5-10-25-11-6-14/h1-4,8-9,14,17-18H,5-7,10-13H2,(H,21,22)(H,23,24)/t17-,18-/m0/s1. The molecule has 1 aromatic heterocycles. The maximum absolute atomic E-state index is 13.0. The van der Waals surface area contributed by atoms with Crippen molar-refractivity contribution in [1.29, 1.82) is 0 Å². The first-order valence-electron chi connectivity index (χ1n) is 9.38. The molecule has 2 N–H and O–H groups in total. The Morgan fingerprint density at radius 3 is 2.73 bits per heavy atom. The second-order valence-corrected chi connectivity index (χ2v) is 7.04. The second kappa shape index (κ2) is 8.01. The third-order valence-electron chi connectivity index (χ3n) is 5.51. The minimum absolute atomic E-state index is 0.0408. The van der Waals surface area contributed by atoms with Crippen molar-refractivity contribution in [2.45, 2.75) is 25.3 Å². The van der Waals surface area contributed by atoms with Crippen LogP contribution in [0.1, 0.15) is 29.6 Å². The molecule has 3 heterocycles. The maximum Gasteiger partial charge on any atom is 0.252 e. The highest BCUT2D eigenvalue weighted by Gasteiger charge is 2.34. The van der Waals surface area contributed by atoms with Crippen LogP contribution in [0.2, 0.25) is 0 Å². The SMILES string of the molecule is O=C(N[C@H]1CCOC[C@H]1C1CCOCC1)c1ccccc1-c1ncc[nH]1. The molecular weight excluding hydrogens is 330 g/mol. The van der Waals surface area contributed by atoms with Gasteiger partial charge in [-0.15, -0.1) is 0 Å². The number of carbonyl (C=O) groups excluding carboxylic acids is 1. The van der Waals surface area contributed by atoms with Crippen molar-refractivity contribution in [2.75, 3.05) is 26.4 Å². The minimum Gasteiger partial charge on any atom is -0.381 e. The Morgan fingerprint density at radius 1 is 1.12 bits per heavy atom. The predicted molar refractivity (Wildman–Crippen MR) is 97.7 cm³/mol. The van der Waals surface area contributed by atoms with Gasteiger partial charge < -0.3 is 19.8 Å². The summed E-state index contributed by atoms with van der Waals surface area (Å²) in [5.74, 6) is 1.58. The Hall–Kier alpha value is -2.18. The van der Waals surface area contributed by atoms with E-state index in [-0.39, 0.29) is 11.9 Å². The van der Waals surface area contributed by atoms with Crippen molar-refractivity contribution >= 4 is 5.91 Å². The highest BCUT2D eigenvalue weighted by Crippen LogP contribution is 2.31. The van der Waals surface area contributed by atoms with Crippen molar-refractivity contribution in [2.24, 2.45) is 11.8 Å². The molecular formula is C20H25N3O3. The first kappa shape index (κ1) is 17.2. The Morgan fingerprint density at radius 2 is 1.92 bits per heavy atom. The van der Waals surface area contributed by atoms with Gasteiger partial charge >= 0.3 is 0 Å². The van der Waals surface area contributed by atoms with Gasteiger partial charge in [0.05, 0.1) is 12.2 Å². The van der Waals surface area contributed by atoms with Crippen LogP contribution in [-0.2, 0) is 9.47 Å². The number of imidazole rings is 1. The summed E-state index contributed by atoms with van der Waals surface area (Å²) in [4.78, 5) is 20.4. The Kier molecular flexibility index (Phi) is 5.32. The quantitative estimate of drug-likeness (QED) is 0.884. The van der Waals surface area contributed by atoms with Crippen LogP contribution in [-0.4, -0.2) is 48.3 Å². The van der Waals surface area contributed by atoms with Gasteiger partial charge in [-0.1, -0.05) is 18.2 Å². The monoisotopic (exact) mass is 355 g/mol. The molecule has 2 fully saturated rings. The number of carbonyl (C=O) groups is 1. The van der Waals surface area contributed by atoms with E-state index in [9.17, 15) is 4.79 Å². The fourth-order valence-electron chi connectivity index (χ4n) is 4.09. The van der Waals surface area contributed by atoms with Gasteiger partial charge in [-0.2, -0.15) is 0 Å². The number of hydrogen-bond acceptors (Lipinski definition) is 4. The summed E-state index contributed by atoms with van der Waals surface area (Å²) in [5, 5.41) is 3.28. The first-order chi connectivity index (χ1) is 12.8. The molecule has 0 unspecified atom stereocenters. The largest absolute Gasteiger partial charge is 0.381 e. The molecule has 26 heavy (non-hydrogen) atoms. The molecule has 2 saturated heterocycles. The Labute approximate surface area is 153 Å². The van der Waals surface area contributed by atoms with E-state index in [4.69, 9.17) is 9.47 Å². The number of amides is 1. The third kappa shape index (κ3) is 3.66. The van der Waals surface area contributed by atoms with Gasteiger partial charge in [-0.05, 0) is 31.2 Å². The third-order valence-corrected chi connectivity index (χ3v) is 5.51. The molecule has 2 aromatic rings. The number of H-pyrrole nitrogens is 1. The molecule has 138 valence electrons. The van der Waals surface area contributed by atoms with Crippen molar-refractivity contribution in [3.63, 3.8) is 0 Å². The van der Waals surface area contributed by atoms with E-state index < -0.39 is 0 Å². The molecule has 2 atom stereocenters. The van der Waals surface area contributed by atoms with Crippen LogP contribution in [0.15, 0.2) is 36.7 Å². The number of benzene rings is 1. The zero-order chi connectivity index (χ0) is 17.8. The van der Waals surface area contributed by atoms with E-state index in [0.717, 1.165) is 44.6 Å². The highest BCUT2D eigenvalue weighted by atomic mass is 16.5. The Balaban J connectivity index is 1.52. The van der Waals surface area contributed by atoms with Gasteiger partial charge in [0, 0.05) is 49.7 Å². The van der Waals surface area contributed by atoms with Crippen molar-refractivity contribution in [1.82, 2.24) is 15.3 Å². The van der Waals surface area contributed by atoms with Crippen LogP contribution in [0.4, 0.5) is 0 Å².